The van der Waals surface area contributed by atoms with Gasteiger partial charge in [0.05, 0.1) is 36.3 Å². The van der Waals surface area contributed by atoms with E-state index in [1.807, 2.05) is 30.3 Å². The van der Waals surface area contributed by atoms with E-state index in [2.05, 4.69) is 5.32 Å². The van der Waals surface area contributed by atoms with Crippen molar-refractivity contribution in [2.24, 2.45) is 0 Å². The molecule has 2 heterocycles. The third-order valence-corrected chi connectivity index (χ3v) is 6.59. The van der Waals surface area contributed by atoms with Crippen LogP contribution in [0, 0.1) is 0 Å². The van der Waals surface area contributed by atoms with Gasteiger partial charge in [0.25, 0.3) is 0 Å². The predicted molar refractivity (Wildman–Crippen MR) is 97.3 cm³/mol. The van der Waals surface area contributed by atoms with Gasteiger partial charge in [0, 0.05) is 19.7 Å². The molecule has 2 aliphatic rings. The molecule has 0 aromatic heterocycles. The van der Waals surface area contributed by atoms with Crippen molar-refractivity contribution in [2.45, 2.75) is 37.6 Å². The summed E-state index contributed by atoms with van der Waals surface area (Å²) in [4.78, 5) is 14.1. The minimum Gasteiger partial charge on any atom is -0.390 e. The summed E-state index contributed by atoms with van der Waals surface area (Å²) in [5, 5.41) is 13.1. The molecule has 144 valence electrons. The second-order valence-corrected chi connectivity index (χ2v) is 9.20. The fourth-order valence-corrected chi connectivity index (χ4v) is 5.37. The van der Waals surface area contributed by atoms with Crippen LogP contribution < -0.4 is 5.32 Å². The zero-order chi connectivity index (χ0) is 18.6. The molecule has 3 rings (SSSR count). The minimum absolute atomic E-state index is 0.0405. The molecule has 2 fully saturated rings. The lowest BCUT2D eigenvalue weighted by Gasteiger charge is -2.29. The number of carbonyl (C=O) groups excluding carboxylic acids is 1. The molecule has 2 aliphatic heterocycles. The number of amides is 1. The quantitative estimate of drug-likeness (QED) is 0.686. The molecule has 3 atom stereocenters. The van der Waals surface area contributed by atoms with Crippen LogP contribution in [0.4, 0.5) is 0 Å². The molecule has 0 aliphatic carbocycles. The van der Waals surface area contributed by atoms with E-state index in [1.54, 1.807) is 4.90 Å². The molecule has 0 spiro atoms. The van der Waals surface area contributed by atoms with E-state index in [9.17, 15) is 18.3 Å². The molecule has 2 saturated heterocycles. The van der Waals surface area contributed by atoms with Crippen LogP contribution in [0.25, 0.3) is 0 Å². The number of ether oxygens (including phenoxy) is 1. The number of hydrogen-bond donors (Lipinski definition) is 2. The Labute approximate surface area is 154 Å². The maximum absolute atomic E-state index is 12.4. The molecule has 8 heteroatoms. The van der Waals surface area contributed by atoms with Gasteiger partial charge in [-0.3, -0.25) is 9.69 Å². The highest BCUT2D eigenvalue weighted by atomic mass is 32.2. The molecule has 26 heavy (non-hydrogen) atoms. The molecule has 0 bridgehead atoms. The number of aliphatic hydroxyl groups is 1. The summed E-state index contributed by atoms with van der Waals surface area (Å²) in [6.45, 7) is 1.64. The van der Waals surface area contributed by atoms with E-state index in [1.165, 1.54) is 0 Å². The predicted octanol–water partition coefficient (Wildman–Crippen LogP) is -0.0583. The Morgan fingerprint density at radius 3 is 2.65 bits per heavy atom. The van der Waals surface area contributed by atoms with Crippen LogP contribution in [-0.4, -0.2) is 73.8 Å². The van der Waals surface area contributed by atoms with Gasteiger partial charge in [0.2, 0.25) is 5.91 Å². The minimum atomic E-state index is -3.29. The molecule has 0 saturated carbocycles. The fourth-order valence-electron chi connectivity index (χ4n) is 3.54. The summed E-state index contributed by atoms with van der Waals surface area (Å²) < 4.78 is 29.3. The van der Waals surface area contributed by atoms with Crippen LogP contribution in [0.3, 0.4) is 0 Å². The molecule has 1 aromatic rings. The second-order valence-electron chi connectivity index (χ2n) is 7.04. The van der Waals surface area contributed by atoms with Crippen LogP contribution in [-0.2, 0) is 25.9 Å². The average Bonchev–Trinajstić information content (AvgIpc) is 3.20. The van der Waals surface area contributed by atoms with E-state index in [-0.39, 0.29) is 30.1 Å². The highest BCUT2D eigenvalue weighted by molar-refractivity contribution is 7.91. The van der Waals surface area contributed by atoms with Gasteiger partial charge >= 0.3 is 0 Å². The van der Waals surface area contributed by atoms with Crippen molar-refractivity contribution in [1.82, 2.24) is 10.2 Å². The number of aliphatic hydroxyl groups excluding tert-OH is 1. The molecule has 3 unspecified atom stereocenters. The smallest absolute Gasteiger partial charge is 0.234 e. The Morgan fingerprint density at radius 2 is 2.04 bits per heavy atom. The molecule has 1 aromatic carbocycles. The van der Waals surface area contributed by atoms with Gasteiger partial charge in [-0.2, -0.15) is 0 Å². The molecular weight excluding hydrogens is 356 g/mol. The standard InChI is InChI=1S/C18H26N2O5S/c21-17-13-26(23,24)12-16(17)20(10-14-5-2-1-3-6-14)11-18(22)19-9-15-7-4-8-25-15/h1-3,5-6,15-17,21H,4,7-13H2,(H,19,22). The first-order valence-corrected chi connectivity index (χ1v) is 10.8. The van der Waals surface area contributed by atoms with E-state index in [4.69, 9.17) is 4.74 Å². The van der Waals surface area contributed by atoms with Crippen LogP contribution in [0.15, 0.2) is 30.3 Å². The lowest BCUT2D eigenvalue weighted by atomic mass is 10.1. The summed E-state index contributed by atoms with van der Waals surface area (Å²) in [7, 11) is -3.29. The highest BCUT2D eigenvalue weighted by Crippen LogP contribution is 2.20. The van der Waals surface area contributed by atoms with E-state index >= 15 is 0 Å². The summed E-state index contributed by atoms with van der Waals surface area (Å²) in [6.07, 6.45) is 1.02. The van der Waals surface area contributed by atoms with Gasteiger partial charge in [0.15, 0.2) is 9.84 Å². The van der Waals surface area contributed by atoms with Crippen molar-refractivity contribution in [2.75, 3.05) is 31.2 Å². The van der Waals surface area contributed by atoms with Crippen molar-refractivity contribution >= 4 is 15.7 Å². The topological polar surface area (TPSA) is 95.9 Å². The Morgan fingerprint density at radius 1 is 1.27 bits per heavy atom. The van der Waals surface area contributed by atoms with Crippen LogP contribution >= 0.6 is 0 Å². The van der Waals surface area contributed by atoms with Crippen molar-refractivity contribution in [3.63, 3.8) is 0 Å². The maximum atomic E-state index is 12.4. The van der Waals surface area contributed by atoms with Gasteiger partial charge in [0.1, 0.15) is 0 Å². The van der Waals surface area contributed by atoms with Gasteiger partial charge in [-0.25, -0.2) is 8.42 Å². The van der Waals surface area contributed by atoms with Crippen molar-refractivity contribution in [3.8, 4) is 0 Å². The fraction of sp³-hybridized carbons (Fsp3) is 0.611. The molecule has 1 amide bonds. The lowest BCUT2D eigenvalue weighted by molar-refractivity contribution is -0.123. The van der Waals surface area contributed by atoms with Crippen LogP contribution in [0.2, 0.25) is 0 Å². The summed E-state index contributed by atoms with van der Waals surface area (Å²) in [6, 6.07) is 8.96. The van der Waals surface area contributed by atoms with Crippen molar-refractivity contribution in [1.29, 1.82) is 0 Å². The molecule has 0 radical (unpaired) electrons. The average molecular weight is 382 g/mol. The number of sulfone groups is 1. The van der Waals surface area contributed by atoms with E-state index in [0.717, 1.165) is 25.0 Å². The lowest BCUT2D eigenvalue weighted by Crippen LogP contribution is -2.48. The second kappa shape index (κ2) is 8.47. The molecule has 2 N–H and O–H groups in total. The van der Waals surface area contributed by atoms with E-state index in [0.29, 0.717) is 13.1 Å². The Kier molecular flexibility index (Phi) is 6.29. The third-order valence-electron chi connectivity index (χ3n) is 4.89. The van der Waals surface area contributed by atoms with Gasteiger partial charge in [-0.15, -0.1) is 0 Å². The molecule has 7 nitrogen and oxygen atoms in total. The van der Waals surface area contributed by atoms with Gasteiger partial charge < -0.3 is 15.2 Å². The number of nitrogens with zero attached hydrogens (tertiary/aromatic N) is 1. The van der Waals surface area contributed by atoms with Crippen molar-refractivity contribution in [3.05, 3.63) is 35.9 Å². The zero-order valence-electron chi connectivity index (χ0n) is 14.7. The first-order valence-electron chi connectivity index (χ1n) is 8.98. The van der Waals surface area contributed by atoms with Crippen LogP contribution in [0.5, 0.6) is 0 Å². The van der Waals surface area contributed by atoms with E-state index < -0.39 is 22.0 Å². The summed E-state index contributed by atoms with van der Waals surface area (Å²) >= 11 is 0. The maximum Gasteiger partial charge on any atom is 0.234 e. The SMILES string of the molecule is O=C(CN(Cc1ccccc1)C1CS(=O)(=O)CC1O)NCC1CCCO1. The monoisotopic (exact) mass is 382 g/mol. The number of hydrogen-bond acceptors (Lipinski definition) is 6. The summed E-state index contributed by atoms with van der Waals surface area (Å²) in [5.74, 6) is -0.562. The third kappa shape index (κ3) is 5.26. The number of rotatable bonds is 7. The van der Waals surface area contributed by atoms with Gasteiger partial charge in [-0.05, 0) is 18.4 Å². The molecular formula is C18H26N2O5S. The Bertz CT molecular complexity index is 704. The van der Waals surface area contributed by atoms with Crippen LogP contribution in [0.1, 0.15) is 18.4 Å². The zero-order valence-corrected chi connectivity index (χ0v) is 15.5. The summed E-state index contributed by atoms with van der Waals surface area (Å²) in [5.41, 5.74) is 0.968. The first kappa shape index (κ1) is 19.3. The number of benzene rings is 1. The first-order chi connectivity index (χ1) is 12.4. The van der Waals surface area contributed by atoms with Crippen molar-refractivity contribution < 1.29 is 23.1 Å². The number of nitrogens with one attached hydrogen (secondary N) is 1. The largest absolute Gasteiger partial charge is 0.390 e. The van der Waals surface area contributed by atoms with Gasteiger partial charge in [-0.1, -0.05) is 30.3 Å². The Balaban J connectivity index is 1.65. The normalized spacial score (nSPS) is 27.7. The highest BCUT2D eigenvalue weighted by Gasteiger charge is 2.40. The Hall–Kier alpha value is -1.48. The number of carbonyl (C=O) groups is 1.